The molecule has 1 rings (SSSR count). The number of imide groups is 1. The van der Waals surface area contributed by atoms with Crippen molar-refractivity contribution in [3.63, 3.8) is 0 Å². The molecule has 0 spiro atoms. The smallest absolute Gasteiger partial charge is 0.416 e. The Balaban J connectivity index is 2.54. The predicted molar refractivity (Wildman–Crippen MR) is 64.5 cm³/mol. The molecule has 2 amide bonds. The van der Waals surface area contributed by atoms with Crippen LogP contribution in [0.5, 0.6) is 0 Å². The third kappa shape index (κ3) is 3.20. The van der Waals surface area contributed by atoms with Crippen LogP contribution >= 0.6 is 15.9 Å². The molecule has 0 aromatic carbocycles. The van der Waals surface area contributed by atoms with Crippen molar-refractivity contribution in [3.8, 4) is 0 Å². The van der Waals surface area contributed by atoms with Gasteiger partial charge in [0.1, 0.15) is 6.61 Å². The highest BCUT2D eigenvalue weighted by Gasteiger charge is 2.38. The Morgan fingerprint density at radius 3 is 2.81 bits per heavy atom. The summed E-state index contributed by atoms with van der Waals surface area (Å²) in [6.07, 6.45) is 1.69. The molecule has 0 radical (unpaired) electrons. The van der Waals surface area contributed by atoms with Crippen LogP contribution in [0.2, 0.25) is 0 Å². The van der Waals surface area contributed by atoms with Gasteiger partial charge in [-0.25, -0.2) is 9.69 Å². The van der Waals surface area contributed by atoms with Crippen molar-refractivity contribution in [1.82, 2.24) is 4.90 Å². The van der Waals surface area contributed by atoms with Crippen LogP contribution in [0.15, 0.2) is 0 Å². The molecule has 0 unspecified atom stereocenters. The highest BCUT2D eigenvalue weighted by molar-refractivity contribution is 9.09. The fourth-order valence-electron chi connectivity index (χ4n) is 1.70. The minimum absolute atomic E-state index is 0.0935. The van der Waals surface area contributed by atoms with Gasteiger partial charge in [-0.2, -0.15) is 0 Å². The summed E-state index contributed by atoms with van der Waals surface area (Å²) < 4.78 is 4.92. The Morgan fingerprint density at radius 2 is 2.25 bits per heavy atom. The van der Waals surface area contributed by atoms with Gasteiger partial charge in [-0.3, -0.25) is 4.79 Å². The van der Waals surface area contributed by atoms with E-state index < -0.39 is 6.09 Å². The Hall–Kier alpha value is -0.580. The number of halogens is 1. The van der Waals surface area contributed by atoms with Gasteiger partial charge in [0, 0.05) is 11.8 Å². The molecule has 1 aliphatic rings. The Labute approximate surface area is 104 Å². The number of cyclic esters (lactones) is 1. The van der Waals surface area contributed by atoms with Gasteiger partial charge < -0.3 is 4.74 Å². The molecule has 92 valence electrons. The number of ether oxygens (including phenoxy) is 1. The maximum Gasteiger partial charge on any atom is 0.416 e. The first-order valence-electron chi connectivity index (χ1n) is 5.62. The van der Waals surface area contributed by atoms with Crippen LogP contribution in [0, 0.1) is 5.92 Å². The molecule has 16 heavy (non-hydrogen) atoms. The number of rotatable bonds is 5. The summed E-state index contributed by atoms with van der Waals surface area (Å²) in [6.45, 7) is 4.32. The topological polar surface area (TPSA) is 46.6 Å². The van der Waals surface area contributed by atoms with Crippen LogP contribution in [0.25, 0.3) is 0 Å². The maximum atomic E-state index is 11.9. The molecule has 4 nitrogen and oxygen atoms in total. The van der Waals surface area contributed by atoms with E-state index in [0.29, 0.717) is 13.0 Å². The molecular weight excluding hydrogens is 274 g/mol. The van der Waals surface area contributed by atoms with Crippen LogP contribution < -0.4 is 0 Å². The highest BCUT2D eigenvalue weighted by Crippen LogP contribution is 2.21. The van der Waals surface area contributed by atoms with Crippen LogP contribution in [-0.2, 0) is 9.53 Å². The lowest BCUT2D eigenvalue weighted by molar-refractivity contribution is -0.129. The van der Waals surface area contributed by atoms with E-state index in [-0.39, 0.29) is 17.9 Å². The SMILES string of the molecule is CC(C)[C@H]1COC(=O)N1C(=O)CCCCBr. The Kier molecular flexibility index (Phi) is 5.25. The van der Waals surface area contributed by atoms with Crippen molar-refractivity contribution >= 4 is 27.9 Å². The zero-order valence-electron chi connectivity index (χ0n) is 9.74. The van der Waals surface area contributed by atoms with Gasteiger partial charge >= 0.3 is 6.09 Å². The molecule has 0 aromatic rings. The third-order valence-corrected chi connectivity index (χ3v) is 3.28. The van der Waals surface area contributed by atoms with E-state index in [1.165, 1.54) is 4.90 Å². The van der Waals surface area contributed by atoms with E-state index in [1.54, 1.807) is 0 Å². The molecule has 5 heteroatoms. The fourth-order valence-corrected chi connectivity index (χ4v) is 2.10. The van der Waals surface area contributed by atoms with Gasteiger partial charge in [0.15, 0.2) is 0 Å². The number of unbranched alkanes of at least 4 members (excludes halogenated alkanes) is 1. The average molecular weight is 292 g/mol. The normalized spacial score (nSPS) is 20.4. The number of amides is 2. The van der Waals surface area contributed by atoms with Crippen molar-refractivity contribution < 1.29 is 14.3 Å². The standard InChI is InChI=1S/C11H18BrNO3/c1-8(2)9-7-16-11(15)13(9)10(14)5-3-4-6-12/h8-9H,3-7H2,1-2H3/t9-/m1/s1. The number of carbonyl (C=O) groups is 2. The molecule has 0 bridgehead atoms. The minimum Gasteiger partial charge on any atom is -0.447 e. The number of hydrogen-bond donors (Lipinski definition) is 0. The summed E-state index contributed by atoms with van der Waals surface area (Å²) in [6, 6.07) is -0.0935. The van der Waals surface area contributed by atoms with Gasteiger partial charge in [-0.1, -0.05) is 29.8 Å². The van der Waals surface area contributed by atoms with Gasteiger partial charge in [-0.15, -0.1) is 0 Å². The van der Waals surface area contributed by atoms with Crippen molar-refractivity contribution in [2.24, 2.45) is 5.92 Å². The number of alkyl halides is 1. The summed E-state index contributed by atoms with van der Waals surface area (Å²) in [5.74, 6) is 0.133. The first-order chi connectivity index (χ1) is 7.57. The lowest BCUT2D eigenvalue weighted by atomic mass is 10.0. The largest absolute Gasteiger partial charge is 0.447 e. The van der Waals surface area contributed by atoms with Crippen molar-refractivity contribution in [1.29, 1.82) is 0 Å². The number of nitrogens with zero attached hydrogens (tertiary/aromatic N) is 1. The van der Waals surface area contributed by atoms with Crippen LogP contribution in [0.1, 0.15) is 33.1 Å². The van der Waals surface area contributed by atoms with E-state index in [0.717, 1.165) is 18.2 Å². The van der Waals surface area contributed by atoms with Gasteiger partial charge in [-0.05, 0) is 18.8 Å². The fraction of sp³-hybridized carbons (Fsp3) is 0.818. The molecule has 0 N–H and O–H groups in total. The monoisotopic (exact) mass is 291 g/mol. The molecule has 1 atom stereocenters. The Morgan fingerprint density at radius 1 is 1.56 bits per heavy atom. The Bertz CT molecular complexity index is 268. The molecule has 0 saturated carbocycles. The minimum atomic E-state index is -0.484. The van der Waals surface area contributed by atoms with Gasteiger partial charge in [0.05, 0.1) is 6.04 Å². The molecule has 0 aliphatic carbocycles. The van der Waals surface area contributed by atoms with Crippen molar-refractivity contribution in [3.05, 3.63) is 0 Å². The molecule has 1 fully saturated rings. The number of hydrogen-bond acceptors (Lipinski definition) is 3. The van der Waals surface area contributed by atoms with Crippen LogP contribution in [0.4, 0.5) is 4.79 Å². The second-order valence-electron chi connectivity index (χ2n) is 4.30. The van der Waals surface area contributed by atoms with E-state index >= 15 is 0 Å². The van der Waals surface area contributed by atoms with Crippen LogP contribution in [0.3, 0.4) is 0 Å². The van der Waals surface area contributed by atoms with Gasteiger partial charge in [0.25, 0.3) is 0 Å². The molecular formula is C11H18BrNO3. The first-order valence-corrected chi connectivity index (χ1v) is 6.75. The van der Waals surface area contributed by atoms with E-state index in [4.69, 9.17) is 4.74 Å². The first kappa shape index (κ1) is 13.5. The second-order valence-corrected chi connectivity index (χ2v) is 5.09. The maximum absolute atomic E-state index is 11.9. The molecule has 1 aliphatic heterocycles. The molecule has 0 aromatic heterocycles. The summed E-state index contributed by atoms with van der Waals surface area (Å²) in [7, 11) is 0. The highest BCUT2D eigenvalue weighted by atomic mass is 79.9. The third-order valence-electron chi connectivity index (χ3n) is 2.72. The van der Waals surface area contributed by atoms with Crippen LogP contribution in [-0.4, -0.2) is 34.9 Å². The molecule has 1 saturated heterocycles. The average Bonchev–Trinajstić information content (AvgIpc) is 2.60. The van der Waals surface area contributed by atoms with E-state index in [2.05, 4.69) is 15.9 Å². The lowest BCUT2D eigenvalue weighted by Gasteiger charge is -2.22. The summed E-state index contributed by atoms with van der Waals surface area (Å²) in [4.78, 5) is 24.6. The second kappa shape index (κ2) is 6.23. The molecule has 1 heterocycles. The predicted octanol–water partition coefficient (Wildman–Crippen LogP) is 2.56. The quantitative estimate of drug-likeness (QED) is 0.578. The van der Waals surface area contributed by atoms with E-state index in [1.807, 2.05) is 13.8 Å². The lowest BCUT2D eigenvalue weighted by Crippen LogP contribution is -2.41. The van der Waals surface area contributed by atoms with Crippen molar-refractivity contribution in [2.75, 3.05) is 11.9 Å². The zero-order chi connectivity index (χ0) is 12.1. The number of carbonyl (C=O) groups excluding carboxylic acids is 2. The summed E-state index contributed by atoms with van der Waals surface area (Å²) in [5.41, 5.74) is 0. The van der Waals surface area contributed by atoms with Crippen molar-refractivity contribution in [2.45, 2.75) is 39.2 Å². The van der Waals surface area contributed by atoms with Gasteiger partial charge in [0.2, 0.25) is 5.91 Å². The zero-order valence-corrected chi connectivity index (χ0v) is 11.3. The summed E-state index contributed by atoms with van der Waals surface area (Å²) in [5, 5.41) is 0.887. The summed E-state index contributed by atoms with van der Waals surface area (Å²) >= 11 is 3.31. The van der Waals surface area contributed by atoms with E-state index in [9.17, 15) is 9.59 Å².